The summed E-state index contributed by atoms with van der Waals surface area (Å²) in [6.07, 6.45) is 1.74. The number of halogens is 2. The van der Waals surface area contributed by atoms with Crippen LogP contribution >= 0.6 is 11.3 Å². The molecule has 1 aromatic heterocycles. The van der Waals surface area contributed by atoms with Gasteiger partial charge in [-0.05, 0) is 57.7 Å². The average Bonchev–Trinajstić information content (AvgIpc) is 2.91. The molecule has 1 aliphatic rings. The maximum Gasteiger partial charge on any atom is 0.264 e. The molecule has 1 aliphatic heterocycles. The first-order valence-electron chi connectivity index (χ1n) is 9.08. The molecule has 2 nitrogen and oxygen atoms in total. The van der Waals surface area contributed by atoms with Crippen LogP contribution in [-0.2, 0) is 6.42 Å². The number of alkyl halides is 2. The summed E-state index contributed by atoms with van der Waals surface area (Å²) in [5.74, 6) is 0. The van der Waals surface area contributed by atoms with Crippen LogP contribution in [0.2, 0.25) is 0 Å². The highest BCUT2D eigenvalue weighted by Crippen LogP contribution is 2.42. The smallest absolute Gasteiger partial charge is 0.264 e. The number of benzene rings is 1. The molecule has 25 heavy (non-hydrogen) atoms. The Balaban J connectivity index is 2.12. The standard InChI is InChI=1S/C20H26F2N2S/c1-5-7-12(2)24-9-6-8-15-10-16(17(20(21)22)11-18(15)24)19-13(3)23-14(4)25-19/h10-12,20H,5-9H2,1-4H3. The van der Waals surface area contributed by atoms with Crippen LogP contribution in [0.15, 0.2) is 12.1 Å². The minimum Gasteiger partial charge on any atom is -0.369 e. The Morgan fingerprint density at radius 1 is 1.28 bits per heavy atom. The third-order valence-corrected chi connectivity index (χ3v) is 6.13. The van der Waals surface area contributed by atoms with Crippen molar-refractivity contribution < 1.29 is 8.78 Å². The fourth-order valence-electron chi connectivity index (χ4n) is 3.87. The molecular weight excluding hydrogens is 338 g/mol. The molecule has 2 aromatic rings. The molecule has 0 saturated carbocycles. The lowest BCUT2D eigenvalue weighted by molar-refractivity contribution is 0.152. The van der Waals surface area contributed by atoms with Crippen molar-refractivity contribution in [2.75, 3.05) is 11.4 Å². The van der Waals surface area contributed by atoms with Gasteiger partial charge in [0.1, 0.15) is 0 Å². The van der Waals surface area contributed by atoms with Gasteiger partial charge in [-0.3, -0.25) is 0 Å². The first kappa shape index (κ1) is 18.3. The van der Waals surface area contributed by atoms with E-state index >= 15 is 0 Å². The maximum absolute atomic E-state index is 13.9. The second kappa shape index (κ2) is 7.40. The number of aromatic nitrogens is 1. The molecule has 1 atom stereocenters. The molecule has 0 fully saturated rings. The van der Waals surface area contributed by atoms with E-state index in [4.69, 9.17) is 0 Å². The van der Waals surface area contributed by atoms with Crippen LogP contribution in [0.1, 0.15) is 61.4 Å². The molecule has 0 aliphatic carbocycles. The van der Waals surface area contributed by atoms with Crippen molar-refractivity contribution in [2.24, 2.45) is 0 Å². The molecule has 1 aromatic carbocycles. The highest BCUT2D eigenvalue weighted by molar-refractivity contribution is 7.15. The van der Waals surface area contributed by atoms with Crippen molar-refractivity contribution in [2.45, 2.75) is 65.8 Å². The summed E-state index contributed by atoms with van der Waals surface area (Å²) >= 11 is 1.51. The monoisotopic (exact) mass is 364 g/mol. The zero-order chi connectivity index (χ0) is 18.1. The number of thiazole rings is 1. The summed E-state index contributed by atoms with van der Waals surface area (Å²) in [5, 5.41) is 0.920. The van der Waals surface area contributed by atoms with Crippen molar-refractivity contribution in [1.82, 2.24) is 4.98 Å². The molecule has 0 radical (unpaired) electrons. The Labute approximate surface area is 152 Å². The number of hydrogen-bond acceptors (Lipinski definition) is 3. The van der Waals surface area contributed by atoms with Crippen LogP contribution in [0.3, 0.4) is 0 Å². The van der Waals surface area contributed by atoms with Gasteiger partial charge in [-0.15, -0.1) is 11.3 Å². The van der Waals surface area contributed by atoms with Gasteiger partial charge >= 0.3 is 0 Å². The summed E-state index contributed by atoms with van der Waals surface area (Å²) < 4.78 is 27.7. The van der Waals surface area contributed by atoms with Crippen molar-refractivity contribution in [3.8, 4) is 10.4 Å². The van der Waals surface area contributed by atoms with Crippen LogP contribution in [0.25, 0.3) is 10.4 Å². The van der Waals surface area contributed by atoms with E-state index in [1.54, 1.807) is 6.07 Å². The number of rotatable bonds is 5. The zero-order valence-corrected chi connectivity index (χ0v) is 16.2. The van der Waals surface area contributed by atoms with E-state index in [0.29, 0.717) is 11.6 Å². The lowest BCUT2D eigenvalue weighted by atomic mass is 9.93. The largest absolute Gasteiger partial charge is 0.369 e. The minimum absolute atomic E-state index is 0.140. The predicted molar refractivity (Wildman–Crippen MR) is 102 cm³/mol. The van der Waals surface area contributed by atoms with Crippen molar-refractivity contribution in [3.63, 3.8) is 0 Å². The first-order valence-corrected chi connectivity index (χ1v) is 9.90. The van der Waals surface area contributed by atoms with Gasteiger partial charge in [0.05, 0.1) is 15.6 Å². The SMILES string of the molecule is CCCC(C)N1CCCc2cc(-c3sc(C)nc3C)c(C(F)F)cc21. The van der Waals surface area contributed by atoms with E-state index in [9.17, 15) is 8.78 Å². The molecule has 5 heteroatoms. The summed E-state index contributed by atoms with van der Waals surface area (Å²) in [4.78, 5) is 7.64. The zero-order valence-electron chi connectivity index (χ0n) is 15.4. The van der Waals surface area contributed by atoms with Gasteiger partial charge in [-0.1, -0.05) is 13.3 Å². The molecule has 0 amide bonds. The molecule has 3 rings (SSSR count). The molecule has 0 saturated heterocycles. The van der Waals surface area contributed by atoms with Crippen LogP contribution in [-0.4, -0.2) is 17.6 Å². The number of anilines is 1. The van der Waals surface area contributed by atoms with E-state index in [1.807, 2.05) is 19.9 Å². The normalized spacial score (nSPS) is 15.6. The highest BCUT2D eigenvalue weighted by Gasteiger charge is 2.26. The minimum atomic E-state index is -2.48. The predicted octanol–water partition coefficient (Wildman–Crippen LogP) is 6.31. The summed E-state index contributed by atoms with van der Waals surface area (Å²) in [6.45, 7) is 9.16. The summed E-state index contributed by atoms with van der Waals surface area (Å²) in [5.41, 5.74) is 3.85. The Bertz CT molecular complexity index is 754. The molecular formula is C20H26F2N2S. The summed E-state index contributed by atoms with van der Waals surface area (Å²) in [6, 6.07) is 4.13. The first-order chi connectivity index (χ1) is 11.9. The van der Waals surface area contributed by atoms with Crippen LogP contribution in [0.4, 0.5) is 14.5 Å². The fraction of sp³-hybridized carbons (Fsp3) is 0.550. The number of fused-ring (bicyclic) bond motifs is 1. The Morgan fingerprint density at radius 2 is 2.04 bits per heavy atom. The lowest BCUT2D eigenvalue weighted by Gasteiger charge is -2.37. The number of hydrogen-bond donors (Lipinski definition) is 0. The van der Waals surface area contributed by atoms with Gasteiger partial charge in [-0.25, -0.2) is 13.8 Å². The van der Waals surface area contributed by atoms with E-state index < -0.39 is 6.43 Å². The fourth-order valence-corrected chi connectivity index (χ4v) is 4.83. The van der Waals surface area contributed by atoms with Crippen molar-refractivity contribution in [3.05, 3.63) is 34.0 Å². The van der Waals surface area contributed by atoms with Crippen LogP contribution < -0.4 is 4.90 Å². The van der Waals surface area contributed by atoms with Gasteiger partial charge in [0.15, 0.2) is 0 Å². The van der Waals surface area contributed by atoms with E-state index in [1.165, 1.54) is 16.9 Å². The molecule has 0 bridgehead atoms. The lowest BCUT2D eigenvalue weighted by Crippen LogP contribution is -2.37. The van der Waals surface area contributed by atoms with E-state index in [0.717, 1.165) is 53.5 Å². The van der Waals surface area contributed by atoms with E-state index in [2.05, 4.69) is 23.7 Å². The number of aryl methyl sites for hydroxylation is 3. The molecule has 0 N–H and O–H groups in total. The highest BCUT2D eigenvalue weighted by atomic mass is 32.1. The van der Waals surface area contributed by atoms with Gasteiger partial charge < -0.3 is 4.90 Å². The van der Waals surface area contributed by atoms with Crippen molar-refractivity contribution in [1.29, 1.82) is 0 Å². The molecule has 2 heterocycles. The van der Waals surface area contributed by atoms with Gasteiger partial charge in [0.25, 0.3) is 6.43 Å². The maximum atomic E-state index is 13.9. The third kappa shape index (κ3) is 3.57. The molecule has 136 valence electrons. The van der Waals surface area contributed by atoms with Crippen LogP contribution in [0, 0.1) is 13.8 Å². The Morgan fingerprint density at radius 3 is 2.64 bits per heavy atom. The second-order valence-electron chi connectivity index (χ2n) is 6.95. The average molecular weight is 365 g/mol. The Hall–Kier alpha value is -1.49. The summed E-state index contributed by atoms with van der Waals surface area (Å²) in [7, 11) is 0. The Kier molecular flexibility index (Phi) is 5.42. The van der Waals surface area contributed by atoms with Gasteiger partial charge in [0.2, 0.25) is 0 Å². The second-order valence-corrected chi connectivity index (χ2v) is 8.15. The molecule has 0 spiro atoms. The number of nitrogens with zero attached hydrogens (tertiary/aromatic N) is 2. The van der Waals surface area contributed by atoms with Gasteiger partial charge in [0, 0.05) is 29.4 Å². The quantitative estimate of drug-likeness (QED) is 0.618. The van der Waals surface area contributed by atoms with E-state index in [-0.39, 0.29) is 5.56 Å². The van der Waals surface area contributed by atoms with Crippen LogP contribution in [0.5, 0.6) is 0 Å². The van der Waals surface area contributed by atoms with Crippen molar-refractivity contribution >= 4 is 17.0 Å². The molecule has 1 unspecified atom stereocenters. The third-order valence-electron chi connectivity index (χ3n) is 5.03. The topological polar surface area (TPSA) is 16.1 Å². The van der Waals surface area contributed by atoms with Gasteiger partial charge in [-0.2, -0.15) is 0 Å².